The van der Waals surface area contributed by atoms with Gasteiger partial charge in [-0.25, -0.2) is 0 Å². The van der Waals surface area contributed by atoms with Crippen LogP contribution in [0.3, 0.4) is 0 Å². The highest BCUT2D eigenvalue weighted by atomic mass is 15.1. The summed E-state index contributed by atoms with van der Waals surface area (Å²) < 4.78 is 0. The smallest absolute Gasteiger partial charge is 0.0540 e. The molecule has 13 aromatic rings. The highest BCUT2D eigenvalue weighted by Gasteiger charge is 2.43. The van der Waals surface area contributed by atoms with E-state index < -0.39 is 5.41 Å². The number of anilines is 3. The SMILES string of the molecule is CC1(c2ccccc2)c2ccccc2-c2cccc(N(c3ccc(-c4ccc(-c5ccc6ccccc6c5)cc4)cc3)c3ccccc3-c3ccc4c(c3)c(-c3ccccc3)c(-c3ccccc3)c3ccccc34)c21. The minimum Gasteiger partial charge on any atom is -0.310 e. The topological polar surface area (TPSA) is 3.24 Å². The fraction of sp³-hybridized carbons (Fsp3) is 0.0270. The third kappa shape index (κ3) is 7.39. The predicted octanol–water partition coefficient (Wildman–Crippen LogP) is 20.3. The summed E-state index contributed by atoms with van der Waals surface area (Å²) in [4.78, 5) is 2.53. The Balaban J connectivity index is 0.971. The standard InChI is InChI=1S/C74H51N/c1-74(59-26-9-4-10-27-59)68-33-17-15-30-64(68)66-32-19-35-70(73(66)74)75(60-45-42-52(43-46-60)51-36-38-53(39-37-51)57-41-40-50-20-11-12-25-56(50)48-57)69-34-18-16-28-61(69)58-44-47-63-62-29-13-14-31-65(62)71(54-21-5-2-6-22-54)72(67(63)49-58)55-23-7-3-8-24-55/h2-49H,1H3. The van der Waals surface area contributed by atoms with Crippen LogP contribution in [0.4, 0.5) is 17.1 Å². The van der Waals surface area contributed by atoms with Gasteiger partial charge in [0.25, 0.3) is 0 Å². The molecule has 1 unspecified atom stereocenters. The molecular weight excluding hydrogens is 903 g/mol. The van der Waals surface area contributed by atoms with Crippen LogP contribution in [0, 0.1) is 0 Å². The molecule has 0 saturated heterocycles. The summed E-state index contributed by atoms with van der Waals surface area (Å²) in [5.74, 6) is 0. The molecule has 0 amide bonds. The number of hydrogen-bond acceptors (Lipinski definition) is 1. The Morgan fingerprint density at radius 2 is 0.773 bits per heavy atom. The average molecular weight is 954 g/mol. The quantitative estimate of drug-likeness (QED) is 0.130. The van der Waals surface area contributed by atoms with Crippen LogP contribution in [0.1, 0.15) is 23.6 Å². The summed E-state index contributed by atoms with van der Waals surface area (Å²) in [6, 6.07) is 108. The van der Waals surface area contributed by atoms with Gasteiger partial charge in [0.15, 0.2) is 0 Å². The van der Waals surface area contributed by atoms with Crippen LogP contribution in [0.25, 0.3) is 99.1 Å². The third-order valence-electron chi connectivity index (χ3n) is 15.9. The molecule has 352 valence electrons. The van der Waals surface area contributed by atoms with Crippen LogP contribution in [-0.2, 0) is 5.41 Å². The van der Waals surface area contributed by atoms with Crippen molar-refractivity contribution in [3.8, 4) is 66.8 Å². The van der Waals surface area contributed by atoms with E-state index in [-0.39, 0.29) is 0 Å². The van der Waals surface area contributed by atoms with Gasteiger partial charge in [-0.3, -0.25) is 0 Å². The summed E-state index contributed by atoms with van der Waals surface area (Å²) in [6.45, 7) is 2.42. The molecule has 0 N–H and O–H groups in total. The van der Waals surface area contributed by atoms with Gasteiger partial charge in [-0.15, -0.1) is 0 Å². The molecule has 1 aliphatic rings. The minimum atomic E-state index is -0.438. The lowest BCUT2D eigenvalue weighted by molar-refractivity contribution is 0.714. The first-order chi connectivity index (χ1) is 37.1. The molecule has 1 nitrogen and oxygen atoms in total. The molecule has 75 heavy (non-hydrogen) atoms. The Hall–Kier alpha value is -9.56. The van der Waals surface area contributed by atoms with Crippen molar-refractivity contribution < 1.29 is 0 Å². The van der Waals surface area contributed by atoms with Gasteiger partial charge in [0.2, 0.25) is 0 Å². The zero-order chi connectivity index (χ0) is 49.9. The van der Waals surface area contributed by atoms with E-state index in [0.29, 0.717) is 0 Å². The van der Waals surface area contributed by atoms with E-state index in [1.807, 2.05) is 0 Å². The highest BCUT2D eigenvalue weighted by molar-refractivity contribution is 6.22. The number of rotatable bonds is 9. The number of para-hydroxylation sites is 1. The van der Waals surface area contributed by atoms with Crippen molar-refractivity contribution in [3.05, 3.63) is 308 Å². The molecule has 0 aromatic heterocycles. The van der Waals surface area contributed by atoms with Crippen LogP contribution in [0.5, 0.6) is 0 Å². The van der Waals surface area contributed by atoms with E-state index >= 15 is 0 Å². The van der Waals surface area contributed by atoms with E-state index in [9.17, 15) is 0 Å². The van der Waals surface area contributed by atoms with Gasteiger partial charge in [0.1, 0.15) is 0 Å². The Morgan fingerprint density at radius 3 is 1.49 bits per heavy atom. The van der Waals surface area contributed by atoms with Gasteiger partial charge in [0.05, 0.1) is 11.4 Å². The van der Waals surface area contributed by atoms with Gasteiger partial charge < -0.3 is 4.90 Å². The Bertz CT molecular complexity index is 4270. The molecule has 14 rings (SSSR count). The lowest BCUT2D eigenvalue weighted by atomic mass is 9.73. The third-order valence-corrected chi connectivity index (χ3v) is 15.9. The molecule has 0 heterocycles. The summed E-state index contributed by atoms with van der Waals surface area (Å²) in [6.07, 6.45) is 0. The zero-order valence-electron chi connectivity index (χ0n) is 41.7. The predicted molar refractivity (Wildman–Crippen MR) is 318 cm³/mol. The fourth-order valence-corrected chi connectivity index (χ4v) is 12.4. The molecule has 0 fully saturated rings. The van der Waals surface area contributed by atoms with E-state index in [2.05, 4.69) is 303 Å². The van der Waals surface area contributed by atoms with Gasteiger partial charge in [0, 0.05) is 16.7 Å². The number of nitrogens with zero attached hydrogens (tertiary/aromatic N) is 1. The second kappa shape index (κ2) is 18.2. The Morgan fingerprint density at radius 1 is 0.280 bits per heavy atom. The van der Waals surface area contributed by atoms with E-state index in [1.165, 1.54) is 105 Å². The van der Waals surface area contributed by atoms with Crippen LogP contribution in [-0.4, -0.2) is 0 Å². The molecule has 1 atom stereocenters. The largest absolute Gasteiger partial charge is 0.310 e. The Labute approximate surface area is 438 Å². The molecule has 0 radical (unpaired) electrons. The maximum atomic E-state index is 2.53. The summed E-state index contributed by atoms with van der Waals surface area (Å²) in [7, 11) is 0. The number of hydrogen-bond donors (Lipinski definition) is 0. The molecular formula is C74H51N. The van der Waals surface area contributed by atoms with E-state index in [0.717, 1.165) is 28.2 Å². The second-order valence-electron chi connectivity index (χ2n) is 20.1. The van der Waals surface area contributed by atoms with Crippen LogP contribution in [0.15, 0.2) is 291 Å². The molecule has 0 bridgehead atoms. The molecule has 1 heteroatoms. The van der Waals surface area contributed by atoms with Crippen LogP contribution in [0.2, 0.25) is 0 Å². The van der Waals surface area contributed by atoms with E-state index in [4.69, 9.17) is 0 Å². The molecule has 0 aliphatic heterocycles. The second-order valence-corrected chi connectivity index (χ2v) is 20.1. The molecule has 0 spiro atoms. The van der Waals surface area contributed by atoms with Crippen LogP contribution >= 0.6 is 0 Å². The molecule has 13 aromatic carbocycles. The van der Waals surface area contributed by atoms with Gasteiger partial charge >= 0.3 is 0 Å². The first-order valence-electron chi connectivity index (χ1n) is 26.1. The van der Waals surface area contributed by atoms with Crippen molar-refractivity contribution in [2.45, 2.75) is 12.3 Å². The first-order valence-corrected chi connectivity index (χ1v) is 26.1. The maximum Gasteiger partial charge on any atom is 0.0540 e. The monoisotopic (exact) mass is 953 g/mol. The van der Waals surface area contributed by atoms with Gasteiger partial charge in [-0.2, -0.15) is 0 Å². The zero-order valence-corrected chi connectivity index (χ0v) is 41.7. The van der Waals surface area contributed by atoms with Gasteiger partial charge in [-0.1, -0.05) is 255 Å². The van der Waals surface area contributed by atoms with Crippen LogP contribution < -0.4 is 4.90 Å². The maximum absolute atomic E-state index is 2.53. The molecule has 0 saturated carbocycles. The Kier molecular flexibility index (Phi) is 10.7. The minimum absolute atomic E-state index is 0.438. The lowest BCUT2D eigenvalue weighted by Gasteiger charge is -2.35. The van der Waals surface area contributed by atoms with Crippen molar-refractivity contribution in [2.75, 3.05) is 4.90 Å². The summed E-state index contributed by atoms with van der Waals surface area (Å²) in [5, 5.41) is 7.46. The van der Waals surface area contributed by atoms with Crippen molar-refractivity contribution in [1.29, 1.82) is 0 Å². The lowest BCUT2D eigenvalue weighted by Crippen LogP contribution is -2.25. The summed E-state index contributed by atoms with van der Waals surface area (Å²) >= 11 is 0. The number of fused-ring (bicyclic) bond motifs is 7. The van der Waals surface area contributed by atoms with Crippen molar-refractivity contribution in [1.82, 2.24) is 0 Å². The molecule has 1 aliphatic carbocycles. The summed E-state index contributed by atoms with van der Waals surface area (Å²) in [5.41, 5.74) is 21.3. The first kappa shape index (κ1) is 44.2. The fourth-order valence-electron chi connectivity index (χ4n) is 12.4. The van der Waals surface area contributed by atoms with Gasteiger partial charge in [-0.05, 0) is 154 Å². The highest BCUT2D eigenvalue weighted by Crippen LogP contribution is 2.58. The normalized spacial score (nSPS) is 13.7. The van der Waals surface area contributed by atoms with E-state index in [1.54, 1.807) is 0 Å². The van der Waals surface area contributed by atoms with Crippen molar-refractivity contribution in [3.63, 3.8) is 0 Å². The van der Waals surface area contributed by atoms with Crippen molar-refractivity contribution >= 4 is 49.4 Å². The average Bonchev–Trinajstić information content (AvgIpc) is 3.79. The van der Waals surface area contributed by atoms with Crippen molar-refractivity contribution in [2.24, 2.45) is 0 Å². The number of benzene rings is 13.